The Morgan fingerprint density at radius 1 is 1.40 bits per heavy atom. The van der Waals surface area contributed by atoms with Crippen LogP contribution in [0.2, 0.25) is 5.02 Å². The third kappa shape index (κ3) is 4.43. The van der Waals surface area contributed by atoms with E-state index in [9.17, 15) is 8.42 Å². The van der Waals surface area contributed by atoms with E-state index in [1.54, 1.807) is 0 Å². The summed E-state index contributed by atoms with van der Waals surface area (Å²) in [7, 11) is -3.05. The van der Waals surface area contributed by atoms with Crippen LogP contribution in [0.5, 0.6) is 0 Å². The first-order valence-corrected chi connectivity index (χ1v) is 9.50. The van der Waals surface area contributed by atoms with Gasteiger partial charge in [-0.25, -0.2) is 12.7 Å². The molecular weight excluding hydrogens is 364 g/mol. The Labute approximate surface area is 133 Å². The summed E-state index contributed by atoms with van der Waals surface area (Å²) < 4.78 is 25.4. The molecule has 1 heterocycles. The Morgan fingerprint density at radius 3 is 2.65 bits per heavy atom. The number of hydrogen-bond donors (Lipinski definition) is 1. The number of rotatable bonds is 4. The summed E-state index contributed by atoms with van der Waals surface area (Å²) in [5.41, 5.74) is 1.05. The van der Waals surface area contributed by atoms with Crippen LogP contribution in [-0.2, 0) is 16.6 Å². The van der Waals surface area contributed by atoms with E-state index < -0.39 is 10.0 Å². The Morgan fingerprint density at radius 2 is 2.05 bits per heavy atom. The van der Waals surface area contributed by atoms with E-state index in [-0.39, 0.29) is 0 Å². The topological polar surface area (TPSA) is 49.4 Å². The van der Waals surface area contributed by atoms with Crippen LogP contribution in [0.25, 0.3) is 0 Å². The second kappa shape index (κ2) is 6.75. The van der Waals surface area contributed by atoms with Crippen molar-refractivity contribution in [2.24, 2.45) is 0 Å². The number of sulfonamides is 1. The molecular formula is C13H18BrClN2O2S. The van der Waals surface area contributed by atoms with Gasteiger partial charge in [0.1, 0.15) is 0 Å². The van der Waals surface area contributed by atoms with Crippen molar-refractivity contribution in [3.63, 3.8) is 0 Å². The van der Waals surface area contributed by atoms with E-state index in [1.165, 1.54) is 10.6 Å². The molecule has 0 spiro atoms. The van der Waals surface area contributed by atoms with Gasteiger partial charge in [-0.05, 0) is 36.6 Å². The first-order chi connectivity index (χ1) is 9.36. The lowest BCUT2D eigenvalue weighted by Gasteiger charge is -2.30. The van der Waals surface area contributed by atoms with E-state index >= 15 is 0 Å². The van der Waals surface area contributed by atoms with Crippen molar-refractivity contribution in [3.05, 3.63) is 33.3 Å². The molecule has 0 aliphatic carbocycles. The van der Waals surface area contributed by atoms with Gasteiger partial charge in [0.15, 0.2) is 0 Å². The Bertz CT molecular complexity index is 572. The second-order valence-electron chi connectivity index (χ2n) is 5.05. The van der Waals surface area contributed by atoms with Gasteiger partial charge in [0.25, 0.3) is 0 Å². The molecule has 1 fully saturated rings. The molecule has 0 unspecified atom stereocenters. The van der Waals surface area contributed by atoms with Crippen LogP contribution in [0.1, 0.15) is 18.4 Å². The zero-order valence-electron chi connectivity index (χ0n) is 11.3. The summed E-state index contributed by atoms with van der Waals surface area (Å²) in [4.78, 5) is 0. The van der Waals surface area contributed by atoms with Crippen LogP contribution in [0.15, 0.2) is 22.7 Å². The molecule has 0 atom stereocenters. The zero-order valence-corrected chi connectivity index (χ0v) is 14.4. The van der Waals surface area contributed by atoms with Gasteiger partial charge in [-0.1, -0.05) is 27.5 Å². The van der Waals surface area contributed by atoms with Gasteiger partial charge in [0.05, 0.1) is 6.26 Å². The van der Waals surface area contributed by atoms with Gasteiger partial charge < -0.3 is 5.32 Å². The molecule has 1 aromatic rings. The fraction of sp³-hybridized carbons (Fsp3) is 0.538. The summed E-state index contributed by atoms with van der Waals surface area (Å²) in [6, 6.07) is 6.12. The van der Waals surface area contributed by atoms with Crippen LogP contribution >= 0.6 is 27.5 Å². The number of halogens is 2. The van der Waals surface area contributed by atoms with E-state index in [0.717, 1.165) is 27.9 Å². The van der Waals surface area contributed by atoms with Gasteiger partial charge in [0.2, 0.25) is 10.0 Å². The largest absolute Gasteiger partial charge is 0.310 e. The third-order valence-corrected chi connectivity index (χ3v) is 5.68. The molecule has 112 valence electrons. The van der Waals surface area contributed by atoms with Gasteiger partial charge in [-0.2, -0.15) is 0 Å². The summed E-state index contributed by atoms with van der Waals surface area (Å²) in [5.74, 6) is 0. The molecule has 7 heteroatoms. The number of nitrogens with zero attached hydrogens (tertiary/aromatic N) is 1. The van der Waals surface area contributed by atoms with Crippen LogP contribution < -0.4 is 5.32 Å². The molecule has 20 heavy (non-hydrogen) atoms. The Hall–Kier alpha value is -0.140. The number of hydrogen-bond acceptors (Lipinski definition) is 3. The average molecular weight is 382 g/mol. The Kier molecular flexibility index (Phi) is 5.48. The van der Waals surface area contributed by atoms with Crippen molar-refractivity contribution in [2.45, 2.75) is 25.4 Å². The van der Waals surface area contributed by atoms with Crippen molar-refractivity contribution >= 4 is 37.6 Å². The number of benzene rings is 1. The van der Waals surface area contributed by atoms with E-state index in [1.807, 2.05) is 18.2 Å². The average Bonchev–Trinajstić information content (AvgIpc) is 2.39. The van der Waals surface area contributed by atoms with E-state index in [0.29, 0.717) is 25.7 Å². The predicted octanol–water partition coefficient (Wildman–Crippen LogP) is 2.62. The molecule has 4 nitrogen and oxygen atoms in total. The highest BCUT2D eigenvalue weighted by Gasteiger charge is 2.24. The molecule has 0 aromatic heterocycles. The minimum atomic E-state index is -3.05. The molecule has 2 rings (SSSR count). The molecule has 0 bridgehead atoms. The highest BCUT2D eigenvalue weighted by atomic mass is 79.9. The zero-order chi connectivity index (χ0) is 14.8. The Balaban J connectivity index is 1.86. The molecule has 0 saturated carbocycles. The third-order valence-electron chi connectivity index (χ3n) is 3.51. The monoisotopic (exact) mass is 380 g/mol. The van der Waals surface area contributed by atoms with Crippen molar-refractivity contribution in [1.29, 1.82) is 0 Å². The van der Waals surface area contributed by atoms with Crippen molar-refractivity contribution in [3.8, 4) is 0 Å². The first-order valence-electron chi connectivity index (χ1n) is 6.48. The quantitative estimate of drug-likeness (QED) is 0.872. The molecule has 1 N–H and O–H groups in total. The summed E-state index contributed by atoms with van der Waals surface area (Å²) in [6.45, 7) is 1.87. The number of nitrogens with one attached hydrogen (secondary N) is 1. The lowest BCUT2D eigenvalue weighted by atomic mass is 10.1. The van der Waals surface area contributed by atoms with Crippen LogP contribution in [0, 0.1) is 0 Å². The van der Waals surface area contributed by atoms with Crippen LogP contribution in [-0.4, -0.2) is 38.1 Å². The molecule has 0 amide bonds. The van der Waals surface area contributed by atoms with Crippen molar-refractivity contribution < 1.29 is 8.42 Å². The maximum Gasteiger partial charge on any atom is 0.211 e. The van der Waals surface area contributed by atoms with Crippen LogP contribution in [0.4, 0.5) is 0 Å². The fourth-order valence-electron chi connectivity index (χ4n) is 2.32. The van der Waals surface area contributed by atoms with E-state index in [2.05, 4.69) is 21.2 Å². The van der Waals surface area contributed by atoms with Crippen LogP contribution in [0.3, 0.4) is 0 Å². The highest BCUT2D eigenvalue weighted by molar-refractivity contribution is 9.10. The van der Waals surface area contributed by atoms with Crippen molar-refractivity contribution in [1.82, 2.24) is 9.62 Å². The first kappa shape index (κ1) is 16.2. The molecule has 1 aliphatic heterocycles. The second-order valence-corrected chi connectivity index (χ2v) is 8.36. The van der Waals surface area contributed by atoms with Gasteiger partial charge in [0, 0.05) is 35.2 Å². The normalized spacial score (nSPS) is 18.4. The lowest BCUT2D eigenvalue weighted by Crippen LogP contribution is -2.44. The standard InChI is InChI=1S/C13H18BrClN2O2S/c1-20(18,19)17-6-4-12(5-7-17)16-9-10-8-11(14)2-3-13(10)15/h2-3,8,12,16H,4-7,9H2,1H3. The summed E-state index contributed by atoms with van der Waals surface area (Å²) in [6.07, 6.45) is 2.93. The van der Waals surface area contributed by atoms with Crippen molar-refractivity contribution in [2.75, 3.05) is 19.3 Å². The van der Waals surface area contributed by atoms with E-state index in [4.69, 9.17) is 11.6 Å². The number of piperidine rings is 1. The summed E-state index contributed by atoms with van der Waals surface area (Å²) in [5, 5.41) is 4.20. The smallest absolute Gasteiger partial charge is 0.211 e. The molecule has 1 aromatic carbocycles. The van der Waals surface area contributed by atoms with Gasteiger partial charge in [-0.3, -0.25) is 0 Å². The highest BCUT2D eigenvalue weighted by Crippen LogP contribution is 2.21. The summed E-state index contributed by atoms with van der Waals surface area (Å²) >= 11 is 9.58. The maximum absolute atomic E-state index is 11.4. The van der Waals surface area contributed by atoms with Gasteiger partial charge in [-0.15, -0.1) is 0 Å². The molecule has 1 saturated heterocycles. The molecule has 1 aliphatic rings. The SMILES string of the molecule is CS(=O)(=O)N1CCC(NCc2cc(Br)ccc2Cl)CC1. The maximum atomic E-state index is 11.4. The fourth-order valence-corrected chi connectivity index (χ4v) is 3.79. The predicted molar refractivity (Wildman–Crippen MR) is 85.4 cm³/mol. The lowest BCUT2D eigenvalue weighted by molar-refractivity contribution is 0.290. The minimum absolute atomic E-state index is 0.336. The molecule has 0 radical (unpaired) electrons. The van der Waals surface area contributed by atoms with Gasteiger partial charge >= 0.3 is 0 Å². The minimum Gasteiger partial charge on any atom is -0.310 e.